The summed E-state index contributed by atoms with van der Waals surface area (Å²) in [6.07, 6.45) is -0.298. The number of ether oxygens (including phenoxy) is 1. The first kappa shape index (κ1) is 9.92. The molecule has 0 radical (unpaired) electrons. The Labute approximate surface area is 72.3 Å². The summed E-state index contributed by atoms with van der Waals surface area (Å²) in [6.45, 7) is 2.31. The van der Waals surface area contributed by atoms with E-state index in [-0.39, 0.29) is 18.6 Å². The van der Waals surface area contributed by atoms with Crippen molar-refractivity contribution in [1.29, 1.82) is 0 Å². The van der Waals surface area contributed by atoms with Crippen LogP contribution in [-0.4, -0.2) is 41.7 Å². The molecule has 0 amide bonds. The Hall–Kier alpha value is -0.160. The summed E-state index contributed by atoms with van der Waals surface area (Å²) in [5, 5.41) is 18.5. The van der Waals surface area contributed by atoms with Crippen molar-refractivity contribution < 1.29 is 14.9 Å². The summed E-state index contributed by atoms with van der Waals surface area (Å²) in [5.41, 5.74) is 5.68. The minimum Gasteiger partial charge on any atom is -0.394 e. The third-order valence-corrected chi connectivity index (χ3v) is 2.46. The van der Waals surface area contributed by atoms with Gasteiger partial charge in [-0.05, 0) is 13.3 Å². The van der Waals surface area contributed by atoms with Crippen molar-refractivity contribution in [3.05, 3.63) is 0 Å². The average Bonchev–Trinajstić information content (AvgIpc) is 2.04. The Kier molecular flexibility index (Phi) is 3.46. The highest BCUT2D eigenvalue weighted by Crippen LogP contribution is 2.22. The maximum absolute atomic E-state index is 9.63. The third kappa shape index (κ3) is 1.95. The highest BCUT2D eigenvalue weighted by molar-refractivity contribution is 4.85. The lowest BCUT2D eigenvalue weighted by Crippen LogP contribution is -2.49. The van der Waals surface area contributed by atoms with Gasteiger partial charge in [-0.1, -0.05) is 0 Å². The van der Waals surface area contributed by atoms with Gasteiger partial charge >= 0.3 is 0 Å². The van der Waals surface area contributed by atoms with Gasteiger partial charge in [-0.25, -0.2) is 0 Å². The topological polar surface area (TPSA) is 75.7 Å². The van der Waals surface area contributed by atoms with Gasteiger partial charge in [0.05, 0.1) is 12.7 Å². The van der Waals surface area contributed by atoms with Gasteiger partial charge in [0.1, 0.15) is 6.10 Å². The Morgan fingerprint density at radius 1 is 1.67 bits per heavy atom. The molecule has 0 spiro atoms. The van der Waals surface area contributed by atoms with Gasteiger partial charge < -0.3 is 20.7 Å². The van der Waals surface area contributed by atoms with Crippen LogP contribution < -0.4 is 5.73 Å². The van der Waals surface area contributed by atoms with Crippen molar-refractivity contribution in [1.82, 2.24) is 0 Å². The maximum Gasteiger partial charge on any atom is 0.107 e. The number of aliphatic hydroxyl groups excluding tert-OH is 2. The van der Waals surface area contributed by atoms with Gasteiger partial charge in [-0.2, -0.15) is 0 Å². The second-order valence-corrected chi connectivity index (χ2v) is 3.39. The molecular weight excluding hydrogens is 158 g/mol. The van der Waals surface area contributed by atoms with Crippen molar-refractivity contribution in [3.63, 3.8) is 0 Å². The Balaban J connectivity index is 2.53. The molecule has 4 N–H and O–H groups in total. The van der Waals surface area contributed by atoms with Gasteiger partial charge in [0.2, 0.25) is 0 Å². The van der Waals surface area contributed by atoms with E-state index in [4.69, 9.17) is 15.6 Å². The van der Waals surface area contributed by atoms with E-state index in [0.29, 0.717) is 6.61 Å². The van der Waals surface area contributed by atoms with Crippen LogP contribution in [-0.2, 0) is 4.74 Å². The third-order valence-electron chi connectivity index (χ3n) is 2.46. The van der Waals surface area contributed by atoms with Crippen LogP contribution in [0, 0.1) is 5.92 Å². The molecule has 1 fully saturated rings. The molecule has 1 heterocycles. The summed E-state index contributed by atoms with van der Waals surface area (Å²) in [6, 6.07) is -0.0436. The second kappa shape index (κ2) is 4.18. The van der Waals surface area contributed by atoms with Gasteiger partial charge in [0, 0.05) is 18.6 Å². The van der Waals surface area contributed by atoms with Crippen LogP contribution in [0.5, 0.6) is 0 Å². The Morgan fingerprint density at radius 2 is 2.33 bits per heavy atom. The zero-order chi connectivity index (χ0) is 9.14. The van der Waals surface area contributed by atoms with Crippen molar-refractivity contribution in [2.24, 2.45) is 11.7 Å². The maximum atomic E-state index is 9.63. The van der Waals surface area contributed by atoms with E-state index >= 15 is 0 Å². The lowest BCUT2D eigenvalue weighted by Gasteiger charge is -2.35. The summed E-state index contributed by atoms with van der Waals surface area (Å²) in [7, 11) is 0. The Bertz CT molecular complexity index is 140. The predicted molar refractivity (Wildman–Crippen MR) is 44.6 cm³/mol. The van der Waals surface area contributed by atoms with Gasteiger partial charge in [-0.15, -0.1) is 0 Å². The van der Waals surface area contributed by atoms with Crippen LogP contribution >= 0.6 is 0 Å². The summed E-state index contributed by atoms with van der Waals surface area (Å²) >= 11 is 0. The highest BCUT2D eigenvalue weighted by atomic mass is 16.5. The molecule has 1 aliphatic heterocycles. The molecule has 1 aliphatic rings. The first-order valence-corrected chi connectivity index (χ1v) is 4.33. The molecule has 0 aromatic heterocycles. The minimum atomic E-state index is -0.622. The lowest BCUT2D eigenvalue weighted by molar-refractivity contribution is -0.125. The van der Waals surface area contributed by atoms with Gasteiger partial charge in [0.25, 0.3) is 0 Å². The van der Waals surface area contributed by atoms with Crippen molar-refractivity contribution in [3.8, 4) is 0 Å². The molecule has 0 aromatic carbocycles. The van der Waals surface area contributed by atoms with Crippen LogP contribution in [0.2, 0.25) is 0 Å². The summed E-state index contributed by atoms with van der Waals surface area (Å²) in [4.78, 5) is 0. The SMILES string of the molecule is CC(N)C1CCOC(CO)C1O. The molecule has 1 saturated heterocycles. The molecule has 0 bridgehead atoms. The predicted octanol–water partition coefficient (Wildman–Crippen LogP) is -0.908. The molecule has 4 nitrogen and oxygen atoms in total. The molecule has 0 saturated carbocycles. The molecule has 4 atom stereocenters. The van der Waals surface area contributed by atoms with Crippen molar-refractivity contribution in [2.45, 2.75) is 31.6 Å². The molecule has 72 valence electrons. The fourth-order valence-corrected chi connectivity index (χ4v) is 1.64. The van der Waals surface area contributed by atoms with E-state index in [9.17, 15) is 5.11 Å². The fraction of sp³-hybridized carbons (Fsp3) is 1.00. The average molecular weight is 175 g/mol. The van der Waals surface area contributed by atoms with Crippen LogP contribution in [0.1, 0.15) is 13.3 Å². The first-order valence-electron chi connectivity index (χ1n) is 4.33. The largest absolute Gasteiger partial charge is 0.394 e. The quantitative estimate of drug-likeness (QED) is 0.508. The van der Waals surface area contributed by atoms with Crippen LogP contribution in [0.25, 0.3) is 0 Å². The number of rotatable bonds is 2. The number of aliphatic hydroxyl groups is 2. The molecule has 1 rings (SSSR count). The Morgan fingerprint density at radius 3 is 2.83 bits per heavy atom. The summed E-state index contributed by atoms with van der Waals surface area (Å²) in [5.74, 6) is 0.0518. The number of hydrogen-bond acceptors (Lipinski definition) is 4. The van der Waals surface area contributed by atoms with E-state index in [1.165, 1.54) is 0 Å². The van der Waals surface area contributed by atoms with Gasteiger partial charge in [-0.3, -0.25) is 0 Å². The van der Waals surface area contributed by atoms with Crippen molar-refractivity contribution in [2.75, 3.05) is 13.2 Å². The minimum absolute atomic E-state index is 0.0436. The normalized spacial score (nSPS) is 39.5. The smallest absolute Gasteiger partial charge is 0.107 e. The van der Waals surface area contributed by atoms with Crippen LogP contribution in [0.15, 0.2) is 0 Å². The summed E-state index contributed by atoms with van der Waals surface area (Å²) < 4.78 is 5.16. The van der Waals surface area contributed by atoms with E-state index < -0.39 is 12.2 Å². The molecular formula is C8H17NO3. The van der Waals surface area contributed by atoms with Crippen LogP contribution in [0.4, 0.5) is 0 Å². The number of nitrogens with two attached hydrogens (primary N) is 1. The zero-order valence-electron chi connectivity index (χ0n) is 7.31. The van der Waals surface area contributed by atoms with Gasteiger partial charge in [0.15, 0.2) is 0 Å². The van der Waals surface area contributed by atoms with Crippen molar-refractivity contribution >= 4 is 0 Å². The first-order chi connectivity index (χ1) is 5.66. The molecule has 0 aliphatic carbocycles. The molecule has 4 heteroatoms. The van der Waals surface area contributed by atoms with Crippen LogP contribution in [0.3, 0.4) is 0 Å². The number of hydrogen-bond donors (Lipinski definition) is 3. The fourth-order valence-electron chi connectivity index (χ4n) is 1.64. The lowest BCUT2D eigenvalue weighted by atomic mass is 9.87. The molecule has 4 unspecified atom stereocenters. The van der Waals surface area contributed by atoms with E-state index in [2.05, 4.69) is 0 Å². The molecule has 12 heavy (non-hydrogen) atoms. The highest BCUT2D eigenvalue weighted by Gasteiger charge is 2.33. The standard InChI is InChI=1S/C8H17NO3/c1-5(9)6-2-3-12-7(4-10)8(6)11/h5-8,10-11H,2-4,9H2,1H3. The monoisotopic (exact) mass is 175 g/mol. The van der Waals surface area contributed by atoms with E-state index in [0.717, 1.165) is 6.42 Å². The molecule has 0 aromatic rings. The van der Waals surface area contributed by atoms with E-state index in [1.807, 2.05) is 6.92 Å². The van der Waals surface area contributed by atoms with E-state index in [1.54, 1.807) is 0 Å². The second-order valence-electron chi connectivity index (χ2n) is 3.39. The zero-order valence-corrected chi connectivity index (χ0v) is 7.31.